The van der Waals surface area contributed by atoms with E-state index in [1.165, 1.54) is 29.5 Å². The lowest BCUT2D eigenvalue weighted by Crippen LogP contribution is -2.27. The summed E-state index contributed by atoms with van der Waals surface area (Å²) >= 11 is 0. The molecular formula is C57H58NO4P. The molecule has 9 rings (SSSR count). The van der Waals surface area contributed by atoms with E-state index in [0.717, 1.165) is 62.6 Å². The van der Waals surface area contributed by atoms with E-state index < -0.39 is 7.37 Å². The molecule has 63 heavy (non-hydrogen) atoms. The molecule has 0 amide bonds. The summed E-state index contributed by atoms with van der Waals surface area (Å²) < 4.78 is 39.8. The van der Waals surface area contributed by atoms with E-state index in [9.17, 15) is 0 Å². The quantitative estimate of drug-likeness (QED) is 0.0907. The molecule has 6 heteroatoms. The van der Waals surface area contributed by atoms with Crippen molar-refractivity contribution in [3.8, 4) is 34.1 Å². The van der Waals surface area contributed by atoms with Crippen LogP contribution < -0.4 is 24.6 Å². The molecule has 0 spiro atoms. The molecule has 5 nitrogen and oxygen atoms in total. The number of ether oxygens (including phenoxy) is 2. The zero-order valence-electron chi connectivity index (χ0n) is 37.7. The molecule has 0 aliphatic carbocycles. The Morgan fingerprint density at radius 2 is 1.16 bits per heavy atom. The number of rotatable bonds is 12. The number of unbranched alkanes of at least 4 members (excludes halogenated alkanes) is 2. The third-order valence-corrected chi connectivity index (χ3v) is 14.9. The van der Waals surface area contributed by atoms with Gasteiger partial charge >= 0.3 is 7.37 Å². The minimum Gasteiger partial charge on any atom is -0.487 e. The second-order valence-corrected chi connectivity index (χ2v) is 21.3. The molecule has 0 bridgehead atoms. The highest BCUT2D eigenvalue weighted by Crippen LogP contribution is 2.57. The molecule has 8 aromatic rings. The van der Waals surface area contributed by atoms with E-state index in [4.69, 9.17) is 14.0 Å². The first-order chi connectivity index (χ1) is 30.3. The van der Waals surface area contributed by atoms with E-state index in [0.29, 0.717) is 34.5 Å². The van der Waals surface area contributed by atoms with Gasteiger partial charge in [-0.3, -0.25) is 4.57 Å². The summed E-state index contributed by atoms with van der Waals surface area (Å²) in [5, 5.41) is 2.90. The van der Waals surface area contributed by atoms with Gasteiger partial charge in [-0.25, -0.2) is 0 Å². The number of para-hydroxylation sites is 2. The SMILES string of the molecule is CCCCCc1ccc(-n2c3ccccc3c3c(OCc4ccc(C(C)(C)C)cc4)c(P4(=O)Oc5ccccc5-c5ccccc54)cc(OCc4ccc(C(C)(C)C)cc4)c32)cc1. The maximum atomic E-state index is 16.4. The summed E-state index contributed by atoms with van der Waals surface area (Å²) in [7, 11) is -3.90. The average molecular weight is 852 g/mol. The van der Waals surface area contributed by atoms with Crippen LogP contribution in [-0.2, 0) is 35.0 Å². The zero-order chi connectivity index (χ0) is 43.9. The average Bonchev–Trinajstić information content (AvgIpc) is 3.63. The fraction of sp³-hybridized carbons (Fsp3) is 0.263. The highest BCUT2D eigenvalue weighted by atomic mass is 31.2. The Hall–Kier alpha value is -6.03. The second-order valence-electron chi connectivity index (χ2n) is 19.0. The largest absolute Gasteiger partial charge is 0.487 e. The van der Waals surface area contributed by atoms with Crippen LogP contribution in [0, 0.1) is 0 Å². The van der Waals surface area contributed by atoms with Crippen LogP contribution in [0.1, 0.15) is 95.5 Å². The molecule has 320 valence electrons. The normalized spacial score (nSPS) is 14.9. The summed E-state index contributed by atoms with van der Waals surface area (Å²) in [6.45, 7) is 16.2. The number of benzene rings is 7. The summed E-state index contributed by atoms with van der Waals surface area (Å²) in [6.07, 6.45) is 4.61. The fourth-order valence-electron chi connectivity index (χ4n) is 8.84. The second kappa shape index (κ2) is 16.9. The predicted octanol–water partition coefficient (Wildman–Crippen LogP) is 14.6. The van der Waals surface area contributed by atoms with Gasteiger partial charge in [-0.2, -0.15) is 0 Å². The Balaban J connectivity index is 1.29. The van der Waals surface area contributed by atoms with Crippen LogP contribution in [0.3, 0.4) is 0 Å². The summed E-state index contributed by atoms with van der Waals surface area (Å²) in [5.41, 5.74) is 10.6. The number of hydrogen-bond donors (Lipinski definition) is 0. The maximum absolute atomic E-state index is 16.4. The molecular weight excluding hydrogens is 794 g/mol. The van der Waals surface area contributed by atoms with E-state index in [1.807, 2.05) is 54.6 Å². The maximum Gasteiger partial charge on any atom is 0.311 e. The molecule has 1 aliphatic heterocycles. The van der Waals surface area contributed by atoms with Crippen LogP contribution in [0.25, 0.3) is 38.6 Å². The molecule has 0 radical (unpaired) electrons. The van der Waals surface area contributed by atoms with Gasteiger partial charge in [0.15, 0.2) is 0 Å². The summed E-state index contributed by atoms with van der Waals surface area (Å²) in [4.78, 5) is 0. The van der Waals surface area contributed by atoms with Gasteiger partial charge in [0, 0.05) is 22.7 Å². The van der Waals surface area contributed by atoms with Crippen LogP contribution in [0.15, 0.2) is 152 Å². The Bertz CT molecular complexity index is 2970. The van der Waals surface area contributed by atoms with E-state index in [-0.39, 0.29) is 17.4 Å². The monoisotopic (exact) mass is 851 g/mol. The first kappa shape index (κ1) is 42.3. The minimum absolute atomic E-state index is 0.0140. The lowest BCUT2D eigenvalue weighted by atomic mass is 9.87. The predicted molar refractivity (Wildman–Crippen MR) is 262 cm³/mol. The molecule has 1 atom stereocenters. The molecule has 0 saturated carbocycles. The summed E-state index contributed by atoms with van der Waals surface area (Å²) in [5.74, 6) is 1.70. The van der Waals surface area contributed by atoms with Gasteiger partial charge in [0.05, 0.1) is 21.5 Å². The molecule has 0 fully saturated rings. The molecule has 1 unspecified atom stereocenters. The Labute approximate surface area is 373 Å². The van der Waals surface area contributed by atoms with Crippen molar-refractivity contribution < 1.29 is 18.6 Å². The molecule has 7 aromatic carbocycles. The van der Waals surface area contributed by atoms with Gasteiger partial charge in [0.2, 0.25) is 0 Å². The highest BCUT2D eigenvalue weighted by Gasteiger charge is 2.42. The van der Waals surface area contributed by atoms with Gasteiger partial charge in [-0.1, -0.05) is 177 Å². The van der Waals surface area contributed by atoms with Gasteiger partial charge in [-0.15, -0.1) is 0 Å². The zero-order valence-corrected chi connectivity index (χ0v) is 38.6. The lowest BCUT2D eigenvalue weighted by Gasteiger charge is -2.30. The molecule has 2 heterocycles. The summed E-state index contributed by atoms with van der Waals surface area (Å²) in [6, 6.07) is 52.4. The van der Waals surface area contributed by atoms with Crippen molar-refractivity contribution in [3.63, 3.8) is 0 Å². The third-order valence-electron chi connectivity index (χ3n) is 12.5. The first-order valence-electron chi connectivity index (χ1n) is 22.5. The first-order valence-corrected chi connectivity index (χ1v) is 24.1. The van der Waals surface area contributed by atoms with Gasteiger partial charge < -0.3 is 18.6 Å². The molecule has 0 N–H and O–H groups in total. The van der Waals surface area contributed by atoms with E-state index in [1.54, 1.807) is 0 Å². The molecule has 1 aromatic heterocycles. The van der Waals surface area contributed by atoms with Crippen LogP contribution in [0.4, 0.5) is 0 Å². The Morgan fingerprint density at radius 1 is 0.587 bits per heavy atom. The number of aryl methyl sites for hydroxylation is 1. The molecule has 0 saturated heterocycles. The van der Waals surface area contributed by atoms with Crippen LogP contribution >= 0.6 is 7.37 Å². The van der Waals surface area contributed by atoms with Crippen molar-refractivity contribution in [2.24, 2.45) is 0 Å². The van der Waals surface area contributed by atoms with Crippen LogP contribution in [0.5, 0.6) is 17.2 Å². The van der Waals surface area contributed by atoms with Gasteiger partial charge in [0.25, 0.3) is 0 Å². The van der Waals surface area contributed by atoms with Crippen LogP contribution in [0.2, 0.25) is 0 Å². The van der Waals surface area contributed by atoms with Crippen molar-refractivity contribution >= 4 is 39.8 Å². The van der Waals surface area contributed by atoms with Gasteiger partial charge in [-0.05, 0) is 87.4 Å². The molecule has 1 aliphatic rings. The number of nitrogens with zero attached hydrogens (tertiary/aromatic N) is 1. The Morgan fingerprint density at radius 3 is 1.81 bits per heavy atom. The number of fused-ring (bicyclic) bond motifs is 6. The lowest BCUT2D eigenvalue weighted by molar-refractivity contribution is 0.304. The topological polar surface area (TPSA) is 49.7 Å². The van der Waals surface area contributed by atoms with Crippen molar-refractivity contribution in [1.29, 1.82) is 0 Å². The number of hydrogen-bond acceptors (Lipinski definition) is 4. The van der Waals surface area contributed by atoms with Crippen molar-refractivity contribution in [2.75, 3.05) is 0 Å². The third kappa shape index (κ3) is 8.20. The van der Waals surface area contributed by atoms with Crippen molar-refractivity contribution in [3.05, 3.63) is 179 Å². The van der Waals surface area contributed by atoms with E-state index in [2.05, 4.69) is 150 Å². The standard InChI is InChI=1S/C57H58NO4P/c1-8-9-10-17-39-28-34-44(35-29-39)58-48-21-14-11-20-47(48)53-54(58)50(60-37-40-24-30-42(31-25-40)56(2,3)4)36-52(55(53)61-38-41-26-32-43(33-27-41)57(5,6)7)63(59)51-23-16-13-19-46(51)45-18-12-15-22-49(45)62-63/h11-16,18-36H,8-10,17,37-38H2,1-7H3. The minimum atomic E-state index is -3.90. The number of aromatic nitrogens is 1. The van der Waals surface area contributed by atoms with Crippen LogP contribution in [-0.4, -0.2) is 4.57 Å². The van der Waals surface area contributed by atoms with Crippen molar-refractivity contribution in [1.82, 2.24) is 4.57 Å². The van der Waals surface area contributed by atoms with Crippen molar-refractivity contribution in [2.45, 2.75) is 98.2 Å². The fourth-order valence-corrected chi connectivity index (χ4v) is 11.3. The smallest absolute Gasteiger partial charge is 0.311 e. The van der Waals surface area contributed by atoms with Gasteiger partial charge in [0.1, 0.15) is 36.0 Å². The Kier molecular flexibility index (Phi) is 11.4. The van der Waals surface area contributed by atoms with E-state index >= 15 is 4.57 Å². The highest BCUT2D eigenvalue weighted by molar-refractivity contribution is 7.75.